The maximum atomic E-state index is 12.6. The van der Waals surface area contributed by atoms with Crippen molar-refractivity contribution in [3.05, 3.63) is 18.0 Å². The van der Waals surface area contributed by atoms with E-state index < -0.39 is 11.9 Å². The number of carbonyl (C=O) groups excluding carboxylic acids is 1. The minimum Gasteiger partial charge on any atom is -0.462 e. The fourth-order valence-electron chi connectivity index (χ4n) is 1.96. The van der Waals surface area contributed by atoms with E-state index in [1.54, 1.807) is 6.92 Å². The Labute approximate surface area is 97.6 Å². The third-order valence-electron chi connectivity index (χ3n) is 2.76. The number of aromatic nitrogens is 2. The molecule has 1 saturated carbocycles. The molecule has 0 aromatic carbocycles. The van der Waals surface area contributed by atoms with Crippen molar-refractivity contribution in [3.63, 3.8) is 0 Å². The summed E-state index contributed by atoms with van der Waals surface area (Å²) >= 11 is 0. The molecule has 0 spiro atoms. The molecule has 0 N–H and O–H groups in total. The first-order valence-corrected chi connectivity index (χ1v) is 5.57. The number of ether oxygens (including phenoxy) is 1. The molecule has 1 heterocycles. The maximum absolute atomic E-state index is 12.6. The van der Waals surface area contributed by atoms with E-state index in [0.717, 1.165) is 0 Å². The summed E-state index contributed by atoms with van der Waals surface area (Å²) in [4.78, 5) is 11.3. The Morgan fingerprint density at radius 3 is 2.94 bits per heavy atom. The van der Waals surface area contributed by atoms with Crippen LogP contribution in [-0.2, 0) is 11.3 Å². The fraction of sp³-hybridized carbons (Fsp3) is 0.636. The van der Waals surface area contributed by atoms with Gasteiger partial charge in [0.15, 0.2) is 0 Å². The normalized spacial score (nSPS) is 18.8. The van der Waals surface area contributed by atoms with Crippen molar-refractivity contribution >= 4 is 5.97 Å². The van der Waals surface area contributed by atoms with Gasteiger partial charge in [-0.3, -0.25) is 4.68 Å². The molecule has 0 atom stereocenters. The van der Waals surface area contributed by atoms with Crippen LogP contribution < -0.4 is 0 Å². The van der Waals surface area contributed by atoms with Gasteiger partial charge in [-0.25, -0.2) is 13.6 Å². The molecule has 1 aliphatic rings. The minimum atomic E-state index is -2.51. The Hall–Kier alpha value is -1.46. The lowest BCUT2D eigenvalue weighted by molar-refractivity contribution is -0.114. The molecule has 1 aliphatic carbocycles. The standard InChI is InChI=1S/C11H14F2N2O2/c1-2-17-10(16)9-5-14-15(7-9)6-8-3-11(12,13)4-8/h5,7-8H,2-4,6H2,1H3. The summed E-state index contributed by atoms with van der Waals surface area (Å²) in [6, 6.07) is 0. The lowest BCUT2D eigenvalue weighted by Crippen LogP contribution is -2.37. The average molecular weight is 244 g/mol. The highest BCUT2D eigenvalue weighted by Crippen LogP contribution is 2.42. The van der Waals surface area contributed by atoms with Crippen molar-refractivity contribution in [2.24, 2.45) is 5.92 Å². The largest absolute Gasteiger partial charge is 0.462 e. The first kappa shape index (κ1) is 12.0. The van der Waals surface area contributed by atoms with Crippen molar-refractivity contribution in [1.29, 1.82) is 0 Å². The summed E-state index contributed by atoms with van der Waals surface area (Å²) in [5.41, 5.74) is 0.359. The molecule has 17 heavy (non-hydrogen) atoms. The van der Waals surface area contributed by atoms with Gasteiger partial charge in [0.2, 0.25) is 5.92 Å². The predicted molar refractivity (Wildman–Crippen MR) is 55.9 cm³/mol. The molecule has 0 amide bonds. The van der Waals surface area contributed by atoms with E-state index in [-0.39, 0.29) is 18.8 Å². The zero-order valence-corrected chi connectivity index (χ0v) is 9.53. The minimum absolute atomic E-state index is 0.0556. The number of alkyl halides is 2. The number of halogens is 2. The van der Waals surface area contributed by atoms with Crippen LogP contribution in [0.2, 0.25) is 0 Å². The molecular weight excluding hydrogens is 230 g/mol. The molecule has 1 aromatic rings. The highest BCUT2D eigenvalue weighted by molar-refractivity contribution is 5.88. The molecule has 0 aliphatic heterocycles. The number of rotatable bonds is 4. The first-order valence-electron chi connectivity index (χ1n) is 5.57. The molecule has 1 fully saturated rings. The quantitative estimate of drug-likeness (QED) is 0.762. The van der Waals surface area contributed by atoms with Crippen LogP contribution in [0.3, 0.4) is 0 Å². The van der Waals surface area contributed by atoms with E-state index in [9.17, 15) is 13.6 Å². The SMILES string of the molecule is CCOC(=O)c1cnn(CC2CC(F)(F)C2)c1. The van der Waals surface area contributed by atoms with Crippen LogP contribution in [0.1, 0.15) is 30.1 Å². The summed E-state index contributed by atoms with van der Waals surface area (Å²) < 4.78 is 31.6. The van der Waals surface area contributed by atoms with Crippen molar-refractivity contribution < 1.29 is 18.3 Å². The van der Waals surface area contributed by atoms with Crippen molar-refractivity contribution in [3.8, 4) is 0 Å². The summed E-state index contributed by atoms with van der Waals surface area (Å²) in [6.45, 7) is 2.45. The lowest BCUT2D eigenvalue weighted by atomic mass is 9.81. The number of hydrogen-bond donors (Lipinski definition) is 0. The Morgan fingerprint density at radius 2 is 2.35 bits per heavy atom. The van der Waals surface area contributed by atoms with E-state index >= 15 is 0 Å². The highest BCUT2D eigenvalue weighted by Gasteiger charge is 2.45. The van der Waals surface area contributed by atoms with Gasteiger partial charge in [0.1, 0.15) is 0 Å². The van der Waals surface area contributed by atoms with E-state index in [4.69, 9.17) is 4.74 Å². The topological polar surface area (TPSA) is 44.1 Å². The van der Waals surface area contributed by atoms with Crippen LogP contribution in [0.4, 0.5) is 8.78 Å². The summed E-state index contributed by atoms with van der Waals surface area (Å²) in [7, 11) is 0. The highest BCUT2D eigenvalue weighted by atomic mass is 19.3. The monoisotopic (exact) mass is 244 g/mol. The summed E-state index contributed by atoms with van der Waals surface area (Å²) in [5, 5.41) is 3.96. The molecule has 0 unspecified atom stereocenters. The Balaban J connectivity index is 1.89. The molecule has 94 valence electrons. The predicted octanol–water partition coefficient (Wildman–Crippen LogP) is 2.11. The average Bonchev–Trinajstić information content (AvgIpc) is 2.64. The Bertz CT molecular complexity index is 409. The summed E-state index contributed by atoms with van der Waals surface area (Å²) in [5.74, 6) is -3.00. The van der Waals surface area contributed by atoms with Crippen molar-refractivity contribution in [1.82, 2.24) is 9.78 Å². The second-order valence-corrected chi connectivity index (χ2v) is 4.30. The zero-order chi connectivity index (χ0) is 12.5. The van der Waals surface area contributed by atoms with Gasteiger partial charge in [0.25, 0.3) is 0 Å². The van der Waals surface area contributed by atoms with Crippen molar-refractivity contribution in [2.75, 3.05) is 6.61 Å². The van der Waals surface area contributed by atoms with E-state index in [1.165, 1.54) is 17.1 Å². The van der Waals surface area contributed by atoms with Gasteiger partial charge in [0.05, 0.1) is 18.4 Å². The molecule has 0 radical (unpaired) electrons. The molecule has 2 rings (SSSR count). The zero-order valence-electron chi connectivity index (χ0n) is 9.53. The second kappa shape index (κ2) is 4.43. The lowest BCUT2D eigenvalue weighted by Gasteiger charge is -2.34. The molecule has 4 nitrogen and oxygen atoms in total. The van der Waals surface area contributed by atoms with Crippen molar-refractivity contribution in [2.45, 2.75) is 32.2 Å². The number of nitrogens with zero attached hydrogens (tertiary/aromatic N) is 2. The number of hydrogen-bond acceptors (Lipinski definition) is 3. The second-order valence-electron chi connectivity index (χ2n) is 4.30. The van der Waals surface area contributed by atoms with E-state index in [2.05, 4.69) is 5.10 Å². The number of esters is 1. The van der Waals surface area contributed by atoms with Crippen LogP contribution in [0.5, 0.6) is 0 Å². The van der Waals surface area contributed by atoms with Gasteiger partial charge in [-0.05, 0) is 12.8 Å². The van der Waals surface area contributed by atoms with Gasteiger partial charge in [0, 0.05) is 25.6 Å². The fourth-order valence-corrected chi connectivity index (χ4v) is 1.96. The molecule has 6 heteroatoms. The van der Waals surface area contributed by atoms with Crippen LogP contribution in [0.25, 0.3) is 0 Å². The van der Waals surface area contributed by atoms with Gasteiger partial charge in [-0.15, -0.1) is 0 Å². The van der Waals surface area contributed by atoms with E-state index in [1.807, 2.05) is 0 Å². The summed E-state index contributed by atoms with van der Waals surface area (Å²) in [6.07, 6.45) is 2.74. The van der Waals surface area contributed by atoms with Crippen LogP contribution >= 0.6 is 0 Å². The molecular formula is C11H14F2N2O2. The van der Waals surface area contributed by atoms with Crippen LogP contribution in [0.15, 0.2) is 12.4 Å². The van der Waals surface area contributed by atoms with Gasteiger partial charge in [-0.2, -0.15) is 5.10 Å². The molecule has 1 aromatic heterocycles. The first-order chi connectivity index (χ1) is 8.00. The smallest absolute Gasteiger partial charge is 0.341 e. The van der Waals surface area contributed by atoms with Crippen LogP contribution in [0, 0.1) is 5.92 Å². The molecule has 0 bridgehead atoms. The third-order valence-corrected chi connectivity index (χ3v) is 2.76. The van der Waals surface area contributed by atoms with Gasteiger partial charge >= 0.3 is 5.97 Å². The van der Waals surface area contributed by atoms with Crippen LogP contribution in [-0.4, -0.2) is 28.3 Å². The third kappa shape index (κ3) is 2.81. The Morgan fingerprint density at radius 1 is 1.65 bits per heavy atom. The van der Waals surface area contributed by atoms with E-state index in [0.29, 0.717) is 18.7 Å². The van der Waals surface area contributed by atoms with Gasteiger partial charge < -0.3 is 4.74 Å². The maximum Gasteiger partial charge on any atom is 0.341 e. The number of carbonyl (C=O) groups is 1. The molecule has 0 saturated heterocycles. The Kier molecular flexibility index (Phi) is 3.13. The van der Waals surface area contributed by atoms with Gasteiger partial charge in [-0.1, -0.05) is 0 Å².